The van der Waals surface area contributed by atoms with E-state index >= 15 is 0 Å². The predicted octanol–water partition coefficient (Wildman–Crippen LogP) is 1.38. The Labute approximate surface area is 66.2 Å². The molecule has 0 saturated heterocycles. The lowest BCUT2D eigenvalue weighted by Gasteiger charge is -2.04. The number of nitrogens with zero attached hydrogens (tertiary/aromatic N) is 1. The molecular formula is C9H9NO. The smallest absolute Gasteiger partial charge is 0.140 e. The summed E-state index contributed by atoms with van der Waals surface area (Å²) in [5.41, 5.74) is 1.66. The van der Waals surface area contributed by atoms with Gasteiger partial charge in [0.25, 0.3) is 0 Å². The maximum Gasteiger partial charge on any atom is 0.140 e. The lowest BCUT2D eigenvalue weighted by molar-refractivity contribution is 0.410. The van der Waals surface area contributed by atoms with E-state index < -0.39 is 0 Å². The van der Waals surface area contributed by atoms with Crippen LogP contribution >= 0.6 is 0 Å². The van der Waals surface area contributed by atoms with Gasteiger partial charge in [0.05, 0.1) is 12.7 Å². The second-order valence-electron chi connectivity index (χ2n) is 2.18. The number of rotatable bonds is 1. The molecule has 0 atom stereocenters. The second kappa shape index (κ2) is 3.07. The van der Waals surface area contributed by atoms with Crippen LogP contribution in [0.4, 0.5) is 0 Å². The van der Waals surface area contributed by atoms with E-state index in [9.17, 15) is 0 Å². The molecule has 0 spiro atoms. The van der Waals surface area contributed by atoms with Crippen molar-refractivity contribution in [3.63, 3.8) is 0 Å². The highest BCUT2D eigenvalue weighted by Gasteiger charge is 2.02. The maximum absolute atomic E-state index is 5.23. The summed E-state index contributed by atoms with van der Waals surface area (Å²) < 4.78 is 5.08. The van der Waals surface area contributed by atoms with Gasteiger partial charge in [-0.25, -0.2) is 0 Å². The SMILES string of the molecule is C#Cc1cncc(C)c1OC. The van der Waals surface area contributed by atoms with Gasteiger partial charge in [-0.1, -0.05) is 5.92 Å². The molecule has 0 fully saturated rings. The third kappa shape index (κ3) is 1.32. The van der Waals surface area contributed by atoms with Crippen molar-refractivity contribution >= 4 is 0 Å². The van der Waals surface area contributed by atoms with E-state index in [1.54, 1.807) is 19.5 Å². The van der Waals surface area contributed by atoms with Crippen LogP contribution < -0.4 is 4.74 Å². The minimum absolute atomic E-state index is 0.701. The third-order valence-electron chi connectivity index (χ3n) is 1.43. The second-order valence-corrected chi connectivity index (χ2v) is 2.18. The Morgan fingerprint density at radius 2 is 2.27 bits per heavy atom. The number of terminal acetylenes is 1. The molecule has 1 rings (SSSR count). The Kier molecular flexibility index (Phi) is 2.12. The van der Waals surface area contributed by atoms with Gasteiger partial charge in [-0.3, -0.25) is 4.98 Å². The van der Waals surface area contributed by atoms with Gasteiger partial charge < -0.3 is 4.74 Å². The fraction of sp³-hybridized carbons (Fsp3) is 0.222. The van der Waals surface area contributed by atoms with Crippen LogP contribution in [-0.4, -0.2) is 12.1 Å². The van der Waals surface area contributed by atoms with E-state index in [0.29, 0.717) is 5.56 Å². The van der Waals surface area contributed by atoms with E-state index in [-0.39, 0.29) is 0 Å². The van der Waals surface area contributed by atoms with Crippen molar-refractivity contribution in [1.29, 1.82) is 0 Å². The van der Waals surface area contributed by atoms with Crippen molar-refractivity contribution in [2.75, 3.05) is 7.11 Å². The molecule has 0 saturated carbocycles. The quantitative estimate of drug-likeness (QED) is 0.560. The first-order valence-electron chi connectivity index (χ1n) is 3.24. The van der Waals surface area contributed by atoms with Crippen LogP contribution in [-0.2, 0) is 0 Å². The van der Waals surface area contributed by atoms with Crippen molar-refractivity contribution in [2.24, 2.45) is 0 Å². The summed E-state index contributed by atoms with van der Waals surface area (Å²) in [6.45, 7) is 1.91. The summed E-state index contributed by atoms with van der Waals surface area (Å²) in [5.74, 6) is 3.24. The number of hydrogen-bond acceptors (Lipinski definition) is 2. The fourth-order valence-electron chi connectivity index (χ4n) is 0.927. The zero-order valence-electron chi connectivity index (χ0n) is 6.59. The van der Waals surface area contributed by atoms with Crippen molar-refractivity contribution < 1.29 is 4.74 Å². The predicted molar refractivity (Wildman–Crippen MR) is 43.5 cm³/mol. The van der Waals surface area contributed by atoms with Crippen LogP contribution in [0, 0.1) is 19.3 Å². The van der Waals surface area contributed by atoms with Crippen molar-refractivity contribution in [1.82, 2.24) is 4.98 Å². The highest BCUT2D eigenvalue weighted by atomic mass is 16.5. The Balaban J connectivity index is 3.27. The molecule has 1 aromatic heterocycles. The van der Waals surface area contributed by atoms with Gasteiger partial charge in [0, 0.05) is 18.0 Å². The molecule has 0 radical (unpaired) electrons. The molecule has 11 heavy (non-hydrogen) atoms. The van der Waals surface area contributed by atoms with E-state index in [0.717, 1.165) is 11.3 Å². The molecule has 56 valence electrons. The molecule has 0 aliphatic heterocycles. The first kappa shape index (κ1) is 7.62. The van der Waals surface area contributed by atoms with Crippen molar-refractivity contribution in [2.45, 2.75) is 6.92 Å². The van der Waals surface area contributed by atoms with Crippen LogP contribution in [0.3, 0.4) is 0 Å². The number of aromatic nitrogens is 1. The fourth-order valence-corrected chi connectivity index (χ4v) is 0.927. The molecule has 1 aromatic rings. The molecule has 0 aliphatic rings. The minimum Gasteiger partial charge on any atom is -0.495 e. The molecule has 0 bridgehead atoms. The largest absolute Gasteiger partial charge is 0.495 e. The van der Waals surface area contributed by atoms with Gasteiger partial charge in [-0.15, -0.1) is 6.42 Å². The van der Waals surface area contributed by atoms with E-state index in [1.165, 1.54) is 0 Å². The molecule has 2 heteroatoms. The Morgan fingerprint density at radius 3 is 2.73 bits per heavy atom. The van der Waals surface area contributed by atoms with Gasteiger partial charge in [-0.05, 0) is 6.92 Å². The average molecular weight is 147 g/mol. The number of ether oxygens (including phenoxy) is 1. The summed E-state index contributed by atoms with van der Waals surface area (Å²) in [7, 11) is 1.60. The molecule has 0 unspecified atom stereocenters. The lowest BCUT2D eigenvalue weighted by Crippen LogP contribution is -1.92. The van der Waals surface area contributed by atoms with E-state index in [2.05, 4.69) is 10.9 Å². The van der Waals surface area contributed by atoms with Crippen LogP contribution in [0.5, 0.6) is 5.75 Å². The first-order valence-corrected chi connectivity index (χ1v) is 3.24. The standard InChI is InChI=1S/C9H9NO/c1-4-8-6-10-5-7(2)9(8)11-3/h1,5-6H,2-3H3. The monoisotopic (exact) mass is 147 g/mol. The highest BCUT2D eigenvalue weighted by molar-refractivity contribution is 5.46. The summed E-state index contributed by atoms with van der Waals surface area (Å²) in [6, 6.07) is 0. The maximum atomic E-state index is 5.23. The molecule has 0 amide bonds. The Morgan fingerprint density at radius 1 is 1.55 bits per heavy atom. The van der Waals surface area contributed by atoms with Crippen LogP contribution in [0.1, 0.15) is 11.1 Å². The van der Waals surface area contributed by atoms with Crippen LogP contribution in [0.2, 0.25) is 0 Å². The molecule has 0 aromatic carbocycles. The van der Waals surface area contributed by atoms with E-state index in [1.807, 2.05) is 6.92 Å². The van der Waals surface area contributed by atoms with Crippen LogP contribution in [0.15, 0.2) is 12.4 Å². The Bertz CT molecular complexity index is 299. The summed E-state index contributed by atoms with van der Waals surface area (Å²) in [5, 5.41) is 0. The number of hydrogen-bond donors (Lipinski definition) is 0. The molecular weight excluding hydrogens is 138 g/mol. The lowest BCUT2D eigenvalue weighted by atomic mass is 10.2. The summed E-state index contributed by atoms with van der Waals surface area (Å²) >= 11 is 0. The third-order valence-corrected chi connectivity index (χ3v) is 1.43. The Hall–Kier alpha value is -1.49. The summed E-state index contributed by atoms with van der Waals surface area (Å²) in [6.07, 6.45) is 8.56. The molecule has 1 heterocycles. The number of aryl methyl sites for hydroxylation is 1. The zero-order chi connectivity index (χ0) is 8.27. The average Bonchev–Trinajstić information content (AvgIpc) is 2.04. The molecule has 0 N–H and O–H groups in total. The first-order chi connectivity index (χ1) is 5.29. The highest BCUT2D eigenvalue weighted by Crippen LogP contribution is 2.19. The number of pyridine rings is 1. The van der Waals surface area contributed by atoms with Crippen molar-refractivity contribution in [3.8, 4) is 18.1 Å². The normalized spacial score (nSPS) is 8.82. The zero-order valence-corrected chi connectivity index (χ0v) is 6.59. The molecule has 0 aliphatic carbocycles. The van der Waals surface area contributed by atoms with Gasteiger partial charge in [0.1, 0.15) is 5.75 Å². The van der Waals surface area contributed by atoms with Gasteiger partial charge in [0.15, 0.2) is 0 Å². The van der Waals surface area contributed by atoms with E-state index in [4.69, 9.17) is 11.2 Å². The van der Waals surface area contributed by atoms with Gasteiger partial charge in [0.2, 0.25) is 0 Å². The topological polar surface area (TPSA) is 22.1 Å². The van der Waals surface area contributed by atoms with Gasteiger partial charge >= 0.3 is 0 Å². The molecule has 2 nitrogen and oxygen atoms in total. The number of methoxy groups -OCH3 is 1. The minimum atomic E-state index is 0.701. The summed E-state index contributed by atoms with van der Waals surface area (Å²) in [4.78, 5) is 3.94. The van der Waals surface area contributed by atoms with Gasteiger partial charge in [-0.2, -0.15) is 0 Å². The van der Waals surface area contributed by atoms with Crippen LogP contribution in [0.25, 0.3) is 0 Å². The van der Waals surface area contributed by atoms with Crippen molar-refractivity contribution in [3.05, 3.63) is 23.5 Å².